The lowest BCUT2D eigenvalue weighted by atomic mass is 10.1. The van der Waals surface area contributed by atoms with Gasteiger partial charge >= 0.3 is 5.97 Å². The smallest absolute Gasteiger partial charge is 0.332 e. The highest BCUT2D eigenvalue weighted by Gasteiger charge is 2.11. The maximum absolute atomic E-state index is 10.6. The van der Waals surface area contributed by atoms with E-state index >= 15 is 0 Å². The van der Waals surface area contributed by atoms with Crippen LogP contribution in [0.4, 0.5) is 0 Å². The van der Waals surface area contributed by atoms with E-state index in [4.69, 9.17) is 0 Å². The Morgan fingerprint density at radius 1 is 1.69 bits per heavy atom. The van der Waals surface area contributed by atoms with Crippen LogP contribution in [0.3, 0.4) is 0 Å². The van der Waals surface area contributed by atoms with Gasteiger partial charge in [-0.1, -0.05) is 11.8 Å². The van der Waals surface area contributed by atoms with E-state index in [9.17, 15) is 9.90 Å². The van der Waals surface area contributed by atoms with Crippen molar-refractivity contribution in [3.05, 3.63) is 11.6 Å². The molecule has 0 radical (unpaired) electrons. The van der Waals surface area contributed by atoms with E-state index in [1.165, 1.54) is 6.08 Å². The number of cyclic esters (lactones) is 1. The molecule has 0 aromatic rings. The van der Waals surface area contributed by atoms with Crippen LogP contribution in [0.15, 0.2) is 11.6 Å². The van der Waals surface area contributed by atoms with Gasteiger partial charge in [-0.3, -0.25) is 0 Å². The minimum Gasteiger partial charge on any atom is -0.457 e. The summed E-state index contributed by atoms with van der Waals surface area (Å²) < 4.78 is 4.65. The molecule has 1 N–H and O–H groups in total. The zero-order chi connectivity index (χ0) is 9.90. The van der Waals surface area contributed by atoms with Crippen LogP contribution >= 0.6 is 0 Å². The molecule has 70 valence electrons. The Labute approximate surface area is 77.4 Å². The Morgan fingerprint density at radius 3 is 2.85 bits per heavy atom. The minimum absolute atomic E-state index is 0.262. The average molecular weight is 180 g/mol. The molecule has 3 nitrogen and oxygen atoms in total. The molecule has 0 aromatic heterocycles. The van der Waals surface area contributed by atoms with Crippen molar-refractivity contribution in [1.82, 2.24) is 0 Å². The van der Waals surface area contributed by atoms with Crippen LogP contribution in [0.5, 0.6) is 0 Å². The summed E-state index contributed by atoms with van der Waals surface area (Å²) in [7, 11) is 0. The van der Waals surface area contributed by atoms with Crippen LogP contribution in [0.2, 0.25) is 0 Å². The molecule has 0 unspecified atom stereocenters. The monoisotopic (exact) mass is 180 g/mol. The van der Waals surface area contributed by atoms with Gasteiger partial charge in [0.15, 0.2) is 0 Å². The van der Waals surface area contributed by atoms with Crippen LogP contribution < -0.4 is 0 Å². The Balaban J connectivity index is 2.49. The maximum atomic E-state index is 10.6. The number of ether oxygens (including phenoxy) is 1. The van der Waals surface area contributed by atoms with Crippen molar-refractivity contribution in [3.8, 4) is 11.8 Å². The molecule has 0 saturated carbocycles. The van der Waals surface area contributed by atoms with Gasteiger partial charge in [-0.05, 0) is 13.8 Å². The molecule has 0 aliphatic carbocycles. The molecule has 0 aromatic carbocycles. The van der Waals surface area contributed by atoms with E-state index in [0.717, 1.165) is 0 Å². The quantitative estimate of drug-likeness (QED) is 0.475. The number of hydrogen-bond acceptors (Lipinski definition) is 3. The first-order valence-electron chi connectivity index (χ1n) is 4.06. The van der Waals surface area contributed by atoms with Crippen molar-refractivity contribution in [2.45, 2.75) is 25.9 Å². The zero-order valence-electron chi connectivity index (χ0n) is 7.76. The van der Waals surface area contributed by atoms with Crippen LogP contribution in [0, 0.1) is 11.8 Å². The summed E-state index contributed by atoms with van der Waals surface area (Å²) in [5, 5.41) is 9.32. The fourth-order valence-electron chi connectivity index (χ4n) is 0.821. The number of aliphatic hydroxyl groups is 1. The van der Waals surface area contributed by atoms with Gasteiger partial charge in [0.25, 0.3) is 0 Å². The molecule has 1 aliphatic heterocycles. The van der Waals surface area contributed by atoms with Crippen LogP contribution in [-0.2, 0) is 9.53 Å². The average Bonchev–Trinajstić information content (AvgIpc) is 2.33. The van der Waals surface area contributed by atoms with E-state index in [2.05, 4.69) is 16.6 Å². The molecule has 3 heteroatoms. The Hall–Kier alpha value is -1.27. The topological polar surface area (TPSA) is 46.5 Å². The number of carbonyl (C=O) groups is 1. The number of rotatable bonds is 1. The highest BCUT2D eigenvalue weighted by molar-refractivity contribution is 5.86. The van der Waals surface area contributed by atoms with Gasteiger partial charge in [0.05, 0.1) is 5.60 Å². The number of esters is 1. The molecule has 1 heterocycles. The molecule has 0 atom stereocenters. The molecule has 0 amide bonds. The third-order valence-electron chi connectivity index (χ3n) is 1.43. The molecular formula is C10H12O3. The Morgan fingerprint density at radius 2 is 2.38 bits per heavy atom. The number of hydrogen-bond donors (Lipinski definition) is 1. The lowest BCUT2D eigenvalue weighted by Gasteiger charge is -2.11. The Kier molecular flexibility index (Phi) is 2.74. The summed E-state index contributed by atoms with van der Waals surface area (Å²) in [4.78, 5) is 10.6. The fraction of sp³-hybridized carbons (Fsp3) is 0.500. The predicted octanol–water partition coefficient (Wildman–Crippen LogP) is 0.634. The zero-order valence-corrected chi connectivity index (χ0v) is 7.76. The highest BCUT2D eigenvalue weighted by Crippen LogP contribution is 2.07. The first kappa shape index (κ1) is 9.82. The van der Waals surface area contributed by atoms with E-state index in [-0.39, 0.29) is 12.6 Å². The summed E-state index contributed by atoms with van der Waals surface area (Å²) in [6.45, 7) is 3.64. The van der Waals surface area contributed by atoms with E-state index in [1.54, 1.807) is 13.8 Å². The van der Waals surface area contributed by atoms with Gasteiger partial charge in [-0.25, -0.2) is 4.79 Å². The second-order valence-corrected chi connectivity index (χ2v) is 3.57. The summed E-state index contributed by atoms with van der Waals surface area (Å²) in [6, 6.07) is 0. The van der Waals surface area contributed by atoms with E-state index < -0.39 is 5.60 Å². The molecule has 0 bridgehead atoms. The van der Waals surface area contributed by atoms with E-state index in [0.29, 0.717) is 12.0 Å². The fourth-order valence-corrected chi connectivity index (χ4v) is 0.821. The first-order chi connectivity index (χ1) is 5.97. The van der Waals surface area contributed by atoms with E-state index in [1.807, 2.05) is 0 Å². The molecule has 0 spiro atoms. The molecular weight excluding hydrogens is 168 g/mol. The lowest BCUT2D eigenvalue weighted by molar-refractivity contribution is -0.134. The van der Waals surface area contributed by atoms with Crippen molar-refractivity contribution in [2.24, 2.45) is 0 Å². The largest absolute Gasteiger partial charge is 0.457 e. The van der Waals surface area contributed by atoms with Crippen LogP contribution in [-0.4, -0.2) is 23.3 Å². The van der Waals surface area contributed by atoms with Gasteiger partial charge in [0.1, 0.15) is 6.61 Å². The predicted molar refractivity (Wildman–Crippen MR) is 47.7 cm³/mol. The van der Waals surface area contributed by atoms with Crippen molar-refractivity contribution in [3.63, 3.8) is 0 Å². The van der Waals surface area contributed by atoms with Crippen molar-refractivity contribution in [2.75, 3.05) is 6.61 Å². The summed E-state index contributed by atoms with van der Waals surface area (Å²) >= 11 is 0. The molecule has 0 fully saturated rings. The van der Waals surface area contributed by atoms with Crippen LogP contribution in [0.1, 0.15) is 20.3 Å². The van der Waals surface area contributed by atoms with Gasteiger partial charge in [0, 0.05) is 18.1 Å². The van der Waals surface area contributed by atoms with Gasteiger partial charge in [0.2, 0.25) is 0 Å². The molecule has 1 rings (SSSR count). The van der Waals surface area contributed by atoms with Crippen LogP contribution in [0.25, 0.3) is 0 Å². The summed E-state index contributed by atoms with van der Waals surface area (Å²) in [5.74, 6) is 5.22. The second-order valence-electron chi connectivity index (χ2n) is 3.57. The molecule has 0 saturated heterocycles. The SMILES string of the molecule is CC(C)(O)CC#CC1=CC(=O)OC1. The van der Waals surface area contributed by atoms with Crippen molar-refractivity contribution < 1.29 is 14.6 Å². The Bertz CT molecular complexity index is 296. The minimum atomic E-state index is -0.781. The first-order valence-corrected chi connectivity index (χ1v) is 4.06. The molecule has 13 heavy (non-hydrogen) atoms. The standard InChI is InChI=1S/C10H12O3/c1-10(2,12)5-3-4-8-6-9(11)13-7-8/h6,12H,5,7H2,1-2H3. The van der Waals surface area contributed by atoms with Crippen molar-refractivity contribution >= 4 is 5.97 Å². The maximum Gasteiger partial charge on any atom is 0.332 e. The lowest BCUT2D eigenvalue weighted by Crippen LogP contribution is -2.16. The normalized spacial score (nSPS) is 15.9. The van der Waals surface area contributed by atoms with Crippen molar-refractivity contribution in [1.29, 1.82) is 0 Å². The highest BCUT2D eigenvalue weighted by atomic mass is 16.5. The van der Waals surface area contributed by atoms with Gasteiger partial charge < -0.3 is 9.84 Å². The second kappa shape index (κ2) is 3.63. The third kappa shape index (κ3) is 3.77. The molecule has 1 aliphatic rings. The summed E-state index contributed by atoms with van der Waals surface area (Å²) in [5.41, 5.74) is -0.105. The third-order valence-corrected chi connectivity index (χ3v) is 1.43. The van der Waals surface area contributed by atoms with Gasteiger partial charge in [-0.15, -0.1) is 0 Å². The number of carbonyl (C=O) groups excluding carboxylic acids is 1. The summed E-state index contributed by atoms with van der Waals surface area (Å²) in [6.07, 6.45) is 1.76. The van der Waals surface area contributed by atoms with Gasteiger partial charge in [-0.2, -0.15) is 0 Å².